The maximum Gasteiger partial charge on any atom is 0.317 e. The largest absolute Gasteiger partial charge is 0.480 e. The lowest BCUT2D eigenvalue weighted by molar-refractivity contribution is -0.140. The molecule has 4 N–H and O–H groups in total. The van der Waals surface area contributed by atoms with E-state index in [0.717, 1.165) is 13.0 Å². The lowest BCUT2D eigenvalue weighted by Gasteiger charge is -2.32. The Bertz CT molecular complexity index is 756. The van der Waals surface area contributed by atoms with Crippen molar-refractivity contribution < 1.29 is 48.7 Å². The van der Waals surface area contributed by atoms with E-state index >= 15 is 0 Å². The molecule has 1 saturated heterocycles. The summed E-state index contributed by atoms with van der Waals surface area (Å²) in [5, 5.41) is 30.7. The number of carboxylic acid groups (broad SMARTS) is 3. The van der Waals surface area contributed by atoms with Gasteiger partial charge in [-0.05, 0) is 12.3 Å². The van der Waals surface area contributed by atoms with E-state index in [1.54, 1.807) is 14.7 Å². The summed E-state index contributed by atoms with van der Waals surface area (Å²) in [5.74, 6) is -2.61. The molecule has 1 heterocycles. The van der Waals surface area contributed by atoms with Crippen LogP contribution in [0.2, 0.25) is 0 Å². The molecule has 1 aliphatic rings. The molecule has 0 saturated carbocycles. The summed E-state index contributed by atoms with van der Waals surface area (Å²) in [6.07, 6.45) is 1.02. The predicted molar refractivity (Wildman–Crippen MR) is 154 cm³/mol. The van der Waals surface area contributed by atoms with Crippen molar-refractivity contribution in [2.24, 2.45) is 5.92 Å². The van der Waals surface area contributed by atoms with Crippen LogP contribution in [0.4, 0.5) is 0 Å². The summed E-state index contributed by atoms with van der Waals surface area (Å²) in [6.45, 7) is 9.73. The number of ether oxygens (including phenoxy) is 3. The number of rotatable bonds is 20. The first-order valence-corrected chi connectivity index (χ1v) is 14.6. The quantitative estimate of drug-likeness (QED) is 0.120. The van der Waals surface area contributed by atoms with Crippen molar-refractivity contribution in [2.45, 2.75) is 20.3 Å². The Morgan fingerprint density at radius 1 is 0.571 bits per heavy atom. The van der Waals surface area contributed by atoms with E-state index in [9.17, 15) is 34.5 Å². The molecule has 0 spiro atoms. The van der Waals surface area contributed by atoms with E-state index in [1.165, 1.54) is 0 Å². The molecule has 15 nitrogen and oxygen atoms in total. The zero-order valence-corrected chi connectivity index (χ0v) is 25.2. The lowest BCUT2D eigenvalue weighted by Crippen LogP contribution is -2.50. The van der Waals surface area contributed by atoms with E-state index in [4.69, 9.17) is 14.2 Å². The highest BCUT2D eigenvalue weighted by atomic mass is 16.5. The molecule has 0 atom stereocenters. The standard InChI is InChI=1S/C27H51N5O10/c1-23(2)3-13-40-15-17-42-18-16-41-14-4-28-24(33)19-29-5-7-30(20-25(34)35)9-11-32(22-27(38)39)12-10-31(8-6-29)21-26(36)37/h23H,3-22H2,1-2H3,(H,28,33)(H,34,35)(H,36,37)(H,38,39). The molecule has 0 bridgehead atoms. The summed E-state index contributed by atoms with van der Waals surface area (Å²) in [7, 11) is 0. The smallest absolute Gasteiger partial charge is 0.317 e. The van der Waals surface area contributed by atoms with Crippen LogP contribution in [0.1, 0.15) is 20.3 Å². The summed E-state index contributed by atoms with van der Waals surface area (Å²) in [5.41, 5.74) is 0. The molecule has 15 heteroatoms. The van der Waals surface area contributed by atoms with Crippen LogP contribution in [-0.2, 0) is 33.4 Å². The van der Waals surface area contributed by atoms with Crippen molar-refractivity contribution in [3.05, 3.63) is 0 Å². The first-order chi connectivity index (χ1) is 20.0. The number of hydrogen-bond acceptors (Lipinski definition) is 11. The van der Waals surface area contributed by atoms with E-state index < -0.39 is 17.9 Å². The first kappa shape index (κ1) is 37.6. The van der Waals surface area contributed by atoms with Crippen LogP contribution in [0, 0.1) is 5.92 Å². The minimum absolute atomic E-state index is 0.0624. The van der Waals surface area contributed by atoms with Gasteiger partial charge < -0.3 is 34.8 Å². The number of aliphatic carboxylic acids is 3. The van der Waals surface area contributed by atoms with Gasteiger partial charge in [-0.25, -0.2) is 0 Å². The average molecular weight is 606 g/mol. The minimum atomic E-state index is -1.01. The highest BCUT2D eigenvalue weighted by Crippen LogP contribution is 2.02. The second-order valence-electron chi connectivity index (χ2n) is 10.7. The van der Waals surface area contributed by atoms with Crippen LogP contribution in [0.25, 0.3) is 0 Å². The molecule has 1 rings (SSSR count). The van der Waals surface area contributed by atoms with E-state index in [0.29, 0.717) is 97.9 Å². The van der Waals surface area contributed by atoms with Gasteiger partial charge in [0.25, 0.3) is 0 Å². The summed E-state index contributed by atoms with van der Waals surface area (Å²) in [4.78, 5) is 53.7. The molecule has 244 valence electrons. The van der Waals surface area contributed by atoms with Gasteiger partial charge in [0.05, 0.1) is 59.2 Å². The van der Waals surface area contributed by atoms with Gasteiger partial charge in [-0.15, -0.1) is 0 Å². The van der Waals surface area contributed by atoms with Gasteiger partial charge in [0.15, 0.2) is 0 Å². The zero-order chi connectivity index (χ0) is 31.2. The topological polar surface area (TPSA) is 182 Å². The molecule has 1 fully saturated rings. The molecular formula is C27H51N5O10. The molecule has 0 aromatic carbocycles. The Morgan fingerprint density at radius 3 is 1.26 bits per heavy atom. The number of amides is 1. The minimum Gasteiger partial charge on any atom is -0.480 e. The lowest BCUT2D eigenvalue weighted by atomic mass is 10.1. The molecule has 0 aliphatic carbocycles. The normalized spacial score (nSPS) is 17.0. The summed E-state index contributed by atoms with van der Waals surface area (Å²) >= 11 is 0. The number of carbonyl (C=O) groups excluding carboxylic acids is 1. The number of carboxylic acids is 3. The van der Waals surface area contributed by atoms with Gasteiger partial charge in [0, 0.05) is 65.5 Å². The molecular weight excluding hydrogens is 554 g/mol. The molecule has 1 amide bonds. The van der Waals surface area contributed by atoms with Crippen molar-refractivity contribution in [3.8, 4) is 0 Å². The Balaban J connectivity index is 2.50. The van der Waals surface area contributed by atoms with E-state index in [-0.39, 0.29) is 32.1 Å². The fourth-order valence-corrected chi connectivity index (χ4v) is 4.17. The second kappa shape index (κ2) is 23.1. The highest BCUT2D eigenvalue weighted by Gasteiger charge is 2.21. The highest BCUT2D eigenvalue weighted by molar-refractivity contribution is 5.78. The van der Waals surface area contributed by atoms with Crippen molar-refractivity contribution >= 4 is 23.8 Å². The molecule has 0 unspecified atom stereocenters. The molecule has 0 radical (unpaired) electrons. The molecule has 1 aliphatic heterocycles. The maximum atomic E-state index is 12.6. The number of nitrogens with one attached hydrogen (secondary N) is 1. The summed E-state index contributed by atoms with van der Waals surface area (Å²) in [6, 6.07) is 0. The SMILES string of the molecule is CC(C)CCOCCOCCOCCNC(=O)CN1CCN(CC(=O)O)CCN(CC(=O)O)CCN(CC(=O)O)CC1. The number of carbonyl (C=O) groups is 4. The van der Waals surface area contributed by atoms with Gasteiger partial charge >= 0.3 is 17.9 Å². The van der Waals surface area contributed by atoms with Crippen molar-refractivity contribution in [1.82, 2.24) is 24.9 Å². The molecule has 0 aromatic rings. The second-order valence-corrected chi connectivity index (χ2v) is 10.7. The third kappa shape index (κ3) is 21.3. The summed E-state index contributed by atoms with van der Waals surface area (Å²) < 4.78 is 16.4. The third-order valence-corrected chi connectivity index (χ3v) is 6.53. The number of nitrogens with zero attached hydrogens (tertiary/aromatic N) is 4. The molecule has 0 aromatic heterocycles. The Hall–Kier alpha value is -2.40. The van der Waals surface area contributed by atoms with Crippen molar-refractivity contribution in [3.63, 3.8) is 0 Å². The Labute approximate surface area is 248 Å². The van der Waals surface area contributed by atoms with Crippen LogP contribution in [0.15, 0.2) is 0 Å². The molecule has 42 heavy (non-hydrogen) atoms. The van der Waals surface area contributed by atoms with Gasteiger partial charge in [-0.1, -0.05) is 13.8 Å². The van der Waals surface area contributed by atoms with Crippen LogP contribution >= 0.6 is 0 Å². The van der Waals surface area contributed by atoms with Gasteiger partial charge in [0.1, 0.15) is 0 Å². The van der Waals surface area contributed by atoms with Gasteiger partial charge in [-0.3, -0.25) is 38.8 Å². The van der Waals surface area contributed by atoms with Crippen LogP contribution in [0.3, 0.4) is 0 Å². The van der Waals surface area contributed by atoms with Crippen LogP contribution in [0.5, 0.6) is 0 Å². The zero-order valence-electron chi connectivity index (χ0n) is 25.2. The van der Waals surface area contributed by atoms with E-state index in [2.05, 4.69) is 19.2 Å². The Kier molecular flexibility index (Phi) is 20.7. The van der Waals surface area contributed by atoms with Crippen molar-refractivity contribution in [2.75, 3.05) is 125 Å². The maximum absolute atomic E-state index is 12.6. The van der Waals surface area contributed by atoms with E-state index in [1.807, 2.05) is 4.90 Å². The van der Waals surface area contributed by atoms with Gasteiger partial charge in [-0.2, -0.15) is 0 Å². The monoisotopic (exact) mass is 605 g/mol. The average Bonchev–Trinajstić information content (AvgIpc) is 2.89. The third-order valence-electron chi connectivity index (χ3n) is 6.53. The van der Waals surface area contributed by atoms with Crippen molar-refractivity contribution in [1.29, 1.82) is 0 Å². The van der Waals surface area contributed by atoms with Crippen LogP contribution in [-0.4, -0.2) is 183 Å². The fraction of sp³-hybridized carbons (Fsp3) is 0.852. The number of hydrogen-bond donors (Lipinski definition) is 4. The predicted octanol–water partition coefficient (Wildman–Crippen LogP) is -1.33. The fourth-order valence-electron chi connectivity index (χ4n) is 4.17. The van der Waals surface area contributed by atoms with Crippen LogP contribution < -0.4 is 5.32 Å². The van der Waals surface area contributed by atoms with Gasteiger partial charge in [0.2, 0.25) is 5.91 Å². The Morgan fingerprint density at radius 2 is 0.905 bits per heavy atom. The first-order valence-electron chi connectivity index (χ1n) is 14.6.